The van der Waals surface area contributed by atoms with E-state index < -0.39 is 0 Å². The summed E-state index contributed by atoms with van der Waals surface area (Å²) in [5.41, 5.74) is 5.13. The van der Waals surface area contributed by atoms with Crippen LogP contribution in [0.3, 0.4) is 0 Å². The zero-order valence-electron chi connectivity index (χ0n) is 9.61. The Bertz CT molecular complexity index is 480. The molecule has 0 amide bonds. The van der Waals surface area contributed by atoms with Gasteiger partial charge in [0.2, 0.25) is 0 Å². The fourth-order valence-electron chi connectivity index (χ4n) is 1.90. The van der Waals surface area contributed by atoms with Gasteiger partial charge < -0.3 is 0 Å². The Morgan fingerprint density at radius 3 is 2.25 bits per heavy atom. The first-order valence-corrected chi connectivity index (χ1v) is 5.55. The predicted octanol–water partition coefficient (Wildman–Crippen LogP) is 4.47. The average molecular weight is 208 g/mol. The third-order valence-corrected chi connectivity index (χ3v) is 2.59. The van der Waals surface area contributed by atoms with Crippen molar-refractivity contribution in [1.82, 2.24) is 0 Å². The largest absolute Gasteiger partial charge is 0.0998 e. The second-order valence-corrected chi connectivity index (χ2v) is 4.16. The molecule has 0 atom stereocenters. The Morgan fingerprint density at radius 2 is 1.56 bits per heavy atom. The van der Waals surface area contributed by atoms with Gasteiger partial charge in [0.15, 0.2) is 0 Å². The van der Waals surface area contributed by atoms with E-state index in [-0.39, 0.29) is 0 Å². The molecule has 0 saturated heterocycles. The molecule has 0 heterocycles. The summed E-state index contributed by atoms with van der Waals surface area (Å²) < 4.78 is 0. The third kappa shape index (κ3) is 2.40. The molecule has 2 rings (SSSR count). The van der Waals surface area contributed by atoms with Gasteiger partial charge in [0.1, 0.15) is 0 Å². The van der Waals surface area contributed by atoms with E-state index in [1.807, 2.05) is 6.07 Å². The van der Waals surface area contributed by atoms with E-state index in [0.29, 0.717) is 0 Å². The molecule has 0 N–H and O–H groups in total. The Labute approximate surface area is 97.3 Å². The lowest BCUT2D eigenvalue weighted by Gasteiger charge is -2.09. The molecular weight excluding hydrogens is 192 g/mol. The fourth-order valence-corrected chi connectivity index (χ4v) is 1.90. The molecule has 0 aliphatic heterocycles. The van der Waals surface area contributed by atoms with Crippen molar-refractivity contribution < 1.29 is 0 Å². The van der Waals surface area contributed by atoms with E-state index in [4.69, 9.17) is 0 Å². The molecule has 0 saturated carbocycles. The van der Waals surface area contributed by atoms with Crippen LogP contribution < -0.4 is 0 Å². The number of allylic oxidation sites excluding steroid dienone is 1. The molecule has 80 valence electrons. The standard InChI is InChI=1S/C16H16/c1-13(2)12-15-10-6-7-11-16(15)14-8-4-3-5-9-14/h3-11H,1,12H2,2H3. The van der Waals surface area contributed by atoms with Crippen LogP contribution in [0.5, 0.6) is 0 Å². The minimum atomic E-state index is 0.949. The molecule has 0 spiro atoms. The molecule has 0 aliphatic rings. The summed E-state index contributed by atoms with van der Waals surface area (Å²) in [5.74, 6) is 0. The molecule has 2 aromatic rings. The smallest absolute Gasteiger partial charge is 0.00664 e. The van der Waals surface area contributed by atoms with Crippen molar-refractivity contribution in [2.24, 2.45) is 0 Å². The van der Waals surface area contributed by atoms with Gasteiger partial charge in [0, 0.05) is 0 Å². The lowest BCUT2D eigenvalue weighted by molar-refractivity contribution is 1.16. The van der Waals surface area contributed by atoms with Gasteiger partial charge in [-0.05, 0) is 30.0 Å². The van der Waals surface area contributed by atoms with Gasteiger partial charge in [-0.2, -0.15) is 0 Å². The van der Waals surface area contributed by atoms with Crippen molar-refractivity contribution in [3.05, 3.63) is 72.3 Å². The Hall–Kier alpha value is -1.82. The molecule has 0 bridgehead atoms. The van der Waals surface area contributed by atoms with Crippen molar-refractivity contribution in [3.63, 3.8) is 0 Å². The topological polar surface area (TPSA) is 0 Å². The van der Waals surface area contributed by atoms with E-state index in [1.54, 1.807) is 0 Å². The van der Waals surface area contributed by atoms with Crippen molar-refractivity contribution in [2.75, 3.05) is 0 Å². The number of hydrogen-bond donors (Lipinski definition) is 0. The minimum absolute atomic E-state index is 0.949. The quantitative estimate of drug-likeness (QED) is 0.653. The van der Waals surface area contributed by atoms with Crippen LogP contribution in [0.15, 0.2) is 66.7 Å². The van der Waals surface area contributed by atoms with E-state index in [2.05, 4.69) is 62.0 Å². The molecule has 0 nitrogen and oxygen atoms in total. The molecular formula is C16H16. The maximum Gasteiger partial charge on any atom is -0.00664 e. The highest BCUT2D eigenvalue weighted by Crippen LogP contribution is 2.24. The van der Waals surface area contributed by atoms with Crippen molar-refractivity contribution >= 4 is 0 Å². The summed E-state index contributed by atoms with van der Waals surface area (Å²) in [6, 6.07) is 19.0. The highest BCUT2D eigenvalue weighted by molar-refractivity contribution is 5.67. The summed E-state index contributed by atoms with van der Waals surface area (Å²) in [6.07, 6.45) is 0.949. The van der Waals surface area contributed by atoms with Crippen LogP contribution in [-0.2, 0) is 6.42 Å². The van der Waals surface area contributed by atoms with Crippen LogP contribution in [-0.4, -0.2) is 0 Å². The first-order valence-electron chi connectivity index (χ1n) is 5.55. The Balaban J connectivity index is 2.44. The third-order valence-electron chi connectivity index (χ3n) is 2.59. The second-order valence-electron chi connectivity index (χ2n) is 4.16. The summed E-state index contributed by atoms with van der Waals surface area (Å²) in [5, 5.41) is 0. The van der Waals surface area contributed by atoms with Crippen molar-refractivity contribution in [1.29, 1.82) is 0 Å². The summed E-state index contributed by atoms with van der Waals surface area (Å²) in [7, 11) is 0. The number of hydrogen-bond acceptors (Lipinski definition) is 0. The summed E-state index contributed by atoms with van der Waals surface area (Å²) in [4.78, 5) is 0. The van der Waals surface area contributed by atoms with Gasteiger partial charge in [-0.15, -0.1) is 0 Å². The molecule has 0 unspecified atom stereocenters. The van der Waals surface area contributed by atoms with Crippen molar-refractivity contribution in [3.8, 4) is 11.1 Å². The second kappa shape index (κ2) is 4.80. The lowest BCUT2D eigenvalue weighted by atomic mass is 9.96. The summed E-state index contributed by atoms with van der Waals surface area (Å²) >= 11 is 0. The number of rotatable bonds is 3. The first kappa shape index (κ1) is 10.7. The lowest BCUT2D eigenvalue weighted by Crippen LogP contribution is -1.90. The zero-order valence-corrected chi connectivity index (χ0v) is 9.61. The average Bonchev–Trinajstić information content (AvgIpc) is 2.30. The van der Waals surface area contributed by atoms with Crippen LogP contribution >= 0.6 is 0 Å². The van der Waals surface area contributed by atoms with Gasteiger partial charge >= 0.3 is 0 Å². The normalized spacial score (nSPS) is 10.1. The van der Waals surface area contributed by atoms with Crippen LogP contribution in [0.4, 0.5) is 0 Å². The SMILES string of the molecule is C=C(C)Cc1ccccc1-c1ccccc1. The van der Waals surface area contributed by atoms with Crippen LogP contribution in [0.1, 0.15) is 12.5 Å². The van der Waals surface area contributed by atoms with Gasteiger partial charge in [-0.3, -0.25) is 0 Å². The van der Waals surface area contributed by atoms with Crippen LogP contribution in [0, 0.1) is 0 Å². The zero-order chi connectivity index (χ0) is 11.4. The molecule has 16 heavy (non-hydrogen) atoms. The highest BCUT2D eigenvalue weighted by Gasteiger charge is 2.03. The Morgan fingerprint density at radius 1 is 0.938 bits per heavy atom. The van der Waals surface area contributed by atoms with Gasteiger partial charge in [-0.25, -0.2) is 0 Å². The fraction of sp³-hybridized carbons (Fsp3) is 0.125. The molecule has 0 heteroatoms. The van der Waals surface area contributed by atoms with E-state index in [1.165, 1.54) is 22.3 Å². The molecule has 0 radical (unpaired) electrons. The Kier molecular flexibility index (Phi) is 3.21. The predicted molar refractivity (Wildman–Crippen MR) is 70.4 cm³/mol. The molecule has 0 aliphatic carbocycles. The molecule has 0 aromatic heterocycles. The first-order chi connectivity index (χ1) is 7.77. The van der Waals surface area contributed by atoms with Gasteiger partial charge in [-0.1, -0.05) is 66.7 Å². The van der Waals surface area contributed by atoms with Gasteiger partial charge in [0.25, 0.3) is 0 Å². The van der Waals surface area contributed by atoms with E-state index in [0.717, 1.165) is 6.42 Å². The van der Waals surface area contributed by atoms with Crippen molar-refractivity contribution in [2.45, 2.75) is 13.3 Å². The maximum absolute atomic E-state index is 3.99. The highest BCUT2D eigenvalue weighted by atomic mass is 14.1. The monoisotopic (exact) mass is 208 g/mol. The van der Waals surface area contributed by atoms with E-state index in [9.17, 15) is 0 Å². The van der Waals surface area contributed by atoms with Gasteiger partial charge in [0.05, 0.1) is 0 Å². The molecule has 0 fully saturated rings. The number of benzene rings is 2. The maximum atomic E-state index is 3.99. The summed E-state index contributed by atoms with van der Waals surface area (Å²) in [6.45, 7) is 6.06. The minimum Gasteiger partial charge on any atom is -0.0998 e. The van der Waals surface area contributed by atoms with Crippen LogP contribution in [0.2, 0.25) is 0 Å². The van der Waals surface area contributed by atoms with E-state index >= 15 is 0 Å². The van der Waals surface area contributed by atoms with Crippen LogP contribution in [0.25, 0.3) is 11.1 Å². The molecule has 2 aromatic carbocycles.